The average molecular weight is 380 g/mol. The Morgan fingerprint density at radius 1 is 0.963 bits per heavy atom. The van der Waals surface area contributed by atoms with Crippen molar-refractivity contribution in [1.29, 1.82) is 0 Å². The zero-order valence-corrected chi connectivity index (χ0v) is 15.3. The van der Waals surface area contributed by atoms with Gasteiger partial charge in [0.1, 0.15) is 6.61 Å². The normalized spacial score (nSPS) is 11.0. The number of ether oxygens (including phenoxy) is 3. The highest BCUT2D eigenvalue weighted by Crippen LogP contribution is 2.24. The molecule has 0 bridgehead atoms. The van der Waals surface area contributed by atoms with Gasteiger partial charge in [0.05, 0.1) is 24.0 Å². The van der Waals surface area contributed by atoms with E-state index in [0.717, 1.165) is 13.8 Å². The largest absolute Gasteiger partial charge is 0.465 e. The molecule has 0 aliphatic heterocycles. The number of carbonyl (C=O) groups is 5. The lowest BCUT2D eigenvalue weighted by Gasteiger charge is -2.18. The van der Waals surface area contributed by atoms with Crippen LogP contribution in [-0.2, 0) is 33.4 Å². The minimum Gasteiger partial charge on any atom is -0.465 e. The van der Waals surface area contributed by atoms with Crippen LogP contribution in [0.2, 0.25) is 0 Å². The van der Waals surface area contributed by atoms with Crippen LogP contribution in [0.1, 0.15) is 31.1 Å². The summed E-state index contributed by atoms with van der Waals surface area (Å²) in [5.74, 6) is -3.30. The quantitative estimate of drug-likeness (QED) is 0.525. The van der Waals surface area contributed by atoms with Crippen molar-refractivity contribution in [1.82, 2.24) is 0 Å². The minimum absolute atomic E-state index is 0.0677. The van der Waals surface area contributed by atoms with Gasteiger partial charge in [-0.3, -0.25) is 19.2 Å². The predicted molar refractivity (Wildman–Crippen MR) is 92.9 cm³/mol. The summed E-state index contributed by atoms with van der Waals surface area (Å²) in [5.41, 5.74) is 0.390. The van der Waals surface area contributed by atoms with E-state index in [-0.39, 0.29) is 16.9 Å². The van der Waals surface area contributed by atoms with Crippen LogP contribution in [0.3, 0.4) is 0 Å². The number of esters is 3. The van der Waals surface area contributed by atoms with Gasteiger partial charge in [-0.2, -0.15) is 0 Å². The van der Waals surface area contributed by atoms with E-state index in [2.05, 4.69) is 15.4 Å². The molecule has 0 heterocycles. The minimum atomic E-state index is -1.42. The van der Waals surface area contributed by atoms with Gasteiger partial charge < -0.3 is 24.8 Å². The Balaban J connectivity index is 3.13. The molecule has 0 radical (unpaired) electrons. The zero-order chi connectivity index (χ0) is 20.6. The fourth-order valence-electron chi connectivity index (χ4n) is 1.96. The Morgan fingerprint density at radius 2 is 1.63 bits per heavy atom. The van der Waals surface area contributed by atoms with Gasteiger partial charge in [0.2, 0.25) is 12.0 Å². The average Bonchev–Trinajstić information content (AvgIpc) is 2.58. The molecule has 146 valence electrons. The molecule has 1 aromatic rings. The fraction of sp³-hybridized carbons (Fsp3) is 0.353. The smallest absolute Gasteiger partial charge is 0.337 e. The number of anilines is 2. The lowest BCUT2D eigenvalue weighted by atomic mass is 10.1. The standard InChI is InChI=1S/C17H20N2O8/c1-9(20)18-13-6-5-12(17(24)25-4)7-14(13)19-16(23)15(27-11(3)22)8-26-10(2)21/h5-7,15H,8H2,1-4H3,(H,18,20)(H,19,23). The first-order valence-electron chi connectivity index (χ1n) is 7.75. The lowest BCUT2D eigenvalue weighted by molar-refractivity contribution is -0.160. The van der Waals surface area contributed by atoms with E-state index in [1.165, 1.54) is 32.2 Å². The molecule has 27 heavy (non-hydrogen) atoms. The van der Waals surface area contributed by atoms with Crippen molar-refractivity contribution in [2.45, 2.75) is 26.9 Å². The molecule has 1 aromatic carbocycles. The molecule has 0 saturated heterocycles. The molecular formula is C17H20N2O8. The van der Waals surface area contributed by atoms with Gasteiger partial charge >= 0.3 is 17.9 Å². The predicted octanol–water partition coefficient (Wildman–Crippen LogP) is 0.865. The van der Waals surface area contributed by atoms with Crippen LogP contribution < -0.4 is 10.6 Å². The van der Waals surface area contributed by atoms with Crippen LogP contribution >= 0.6 is 0 Å². The molecule has 0 saturated carbocycles. The summed E-state index contributed by atoms with van der Waals surface area (Å²) < 4.78 is 14.2. The number of hydrogen-bond acceptors (Lipinski definition) is 8. The van der Waals surface area contributed by atoms with E-state index >= 15 is 0 Å². The van der Waals surface area contributed by atoms with Crippen LogP contribution in [0.4, 0.5) is 11.4 Å². The molecule has 1 atom stereocenters. The third-order valence-corrected chi connectivity index (χ3v) is 3.05. The second-order valence-corrected chi connectivity index (χ2v) is 5.32. The molecular weight excluding hydrogens is 360 g/mol. The summed E-state index contributed by atoms with van der Waals surface area (Å²) >= 11 is 0. The Kier molecular flexibility index (Phi) is 7.92. The van der Waals surface area contributed by atoms with E-state index in [0.29, 0.717) is 0 Å². The Hall–Kier alpha value is -3.43. The first-order chi connectivity index (χ1) is 12.6. The number of hydrogen-bond donors (Lipinski definition) is 2. The molecule has 1 rings (SSSR count). The van der Waals surface area contributed by atoms with Crippen molar-refractivity contribution in [3.05, 3.63) is 23.8 Å². The summed E-state index contributed by atoms with van der Waals surface area (Å²) in [5, 5.41) is 4.93. The summed E-state index contributed by atoms with van der Waals surface area (Å²) in [6.45, 7) is 3.00. The summed E-state index contributed by atoms with van der Waals surface area (Å²) in [6.07, 6.45) is -1.42. The first kappa shape index (κ1) is 21.6. The fourth-order valence-corrected chi connectivity index (χ4v) is 1.96. The SMILES string of the molecule is COC(=O)c1ccc(NC(C)=O)c(NC(=O)C(COC(C)=O)OC(C)=O)c1. The molecule has 0 spiro atoms. The van der Waals surface area contributed by atoms with Crippen LogP contribution in [0, 0.1) is 0 Å². The van der Waals surface area contributed by atoms with Gasteiger partial charge in [-0.25, -0.2) is 4.79 Å². The van der Waals surface area contributed by atoms with Gasteiger partial charge in [-0.05, 0) is 18.2 Å². The molecule has 10 nitrogen and oxygen atoms in total. The number of methoxy groups -OCH3 is 1. The van der Waals surface area contributed by atoms with Crippen molar-refractivity contribution in [2.24, 2.45) is 0 Å². The number of benzene rings is 1. The molecule has 2 N–H and O–H groups in total. The monoisotopic (exact) mass is 380 g/mol. The van der Waals surface area contributed by atoms with E-state index in [1.54, 1.807) is 0 Å². The van der Waals surface area contributed by atoms with E-state index in [4.69, 9.17) is 9.47 Å². The number of carbonyl (C=O) groups excluding carboxylic acids is 5. The van der Waals surface area contributed by atoms with E-state index in [1.807, 2.05) is 0 Å². The van der Waals surface area contributed by atoms with Gasteiger partial charge in [0.15, 0.2) is 0 Å². The van der Waals surface area contributed by atoms with Crippen molar-refractivity contribution < 1.29 is 38.2 Å². The second-order valence-electron chi connectivity index (χ2n) is 5.32. The summed E-state index contributed by atoms with van der Waals surface area (Å²) in [4.78, 5) is 57.6. The van der Waals surface area contributed by atoms with Crippen LogP contribution in [0.25, 0.3) is 0 Å². The topological polar surface area (TPSA) is 137 Å². The Morgan fingerprint density at radius 3 is 2.15 bits per heavy atom. The molecule has 0 fully saturated rings. The molecule has 10 heteroatoms. The van der Waals surface area contributed by atoms with Crippen LogP contribution in [0.5, 0.6) is 0 Å². The molecule has 0 aliphatic carbocycles. The maximum absolute atomic E-state index is 12.4. The maximum atomic E-state index is 12.4. The second kappa shape index (κ2) is 9.90. The maximum Gasteiger partial charge on any atom is 0.337 e. The van der Waals surface area contributed by atoms with Gasteiger partial charge in [0.25, 0.3) is 5.91 Å². The molecule has 2 amide bonds. The van der Waals surface area contributed by atoms with Crippen molar-refractivity contribution in [2.75, 3.05) is 24.4 Å². The van der Waals surface area contributed by atoms with Gasteiger partial charge in [-0.1, -0.05) is 0 Å². The van der Waals surface area contributed by atoms with Crippen molar-refractivity contribution >= 4 is 41.1 Å². The van der Waals surface area contributed by atoms with Crippen LogP contribution in [-0.4, -0.2) is 49.5 Å². The number of nitrogens with one attached hydrogen (secondary N) is 2. The zero-order valence-electron chi connectivity index (χ0n) is 15.3. The van der Waals surface area contributed by atoms with Gasteiger partial charge in [0, 0.05) is 20.8 Å². The third-order valence-electron chi connectivity index (χ3n) is 3.05. The number of amides is 2. The first-order valence-corrected chi connectivity index (χ1v) is 7.75. The Bertz CT molecular complexity index is 759. The van der Waals surface area contributed by atoms with Crippen LogP contribution in [0.15, 0.2) is 18.2 Å². The number of rotatable bonds is 7. The lowest BCUT2D eigenvalue weighted by Crippen LogP contribution is -2.36. The molecule has 0 aromatic heterocycles. The Labute approximate surface area is 155 Å². The van der Waals surface area contributed by atoms with Crippen molar-refractivity contribution in [3.63, 3.8) is 0 Å². The highest BCUT2D eigenvalue weighted by Gasteiger charge is 2.24. The van der Waals surface area contributed by atoms with Gasteiger partial charge in [-0.15, -0.1) is 0 Å². The van der Waals surface area contributed by atoms with E-state index in [9.17, 15) is 24.0 Å². The summed E-state index contributed by atoms with van der Waals surface area (Å²) in [7, 11) is 1.19. The third kappa shape index (κ3) is 7.14. The highest BCUT2D eigenvalue weighted by atomic mass is 16.6. The van der Waals surface area contributed by atoms with Crippen molar-refractivity contribution in [3.8, 4) is 0 Å². The summed E-state index contributed by atoms with van der Waals surface area (Å²) in [6, 6.07) is 4.08. The molecule has 0 aliphatic rings. The molecule has 1 unspecified atom stereocenters. The highest BCUT2D eigenvalue weighted by molar-refractivity contribution is 6.03. The van der Waals surface area contributed by atoms with E-state index < -0.39 is 42.4 Å².